The maximum atomic E-state index is 12.4. The Morgan fingerprint density at radius 2 is 2.28 bits per heavy atom. The fourth-order valence-corrected chi connectivity index (χ4v) is 3.12. The molecule has 3 heterocycles. The molecule has 1 saturated heterocycles. The molecular weight excluding hydrogens is 320 g/mol. The summed E-state index contributed by atoms with van der Waals surface area (Å²) in [7, 11) is 1.80. The van der Waals surface area contributed by atoms with Gasteiger partial charge in [0.15, 0.2) is 0 Å². The van der Waals surface area contributed by atoms with E-state index in [1.165, 1.54) is 0 Å². The molecule has 1 atom stereocenters. The lowest BCUT2D eigenvalue weighted by atomic mass is 10.2. The second kappa shape index (κ2) is 7.84. The maximum Gasteiger partial charge on any atom is 0.236 e. The van der Waals surface area contributed by atoms with Crippen LogP contribution in [-0.2, 0) is 22.6 Å². The molecular formula is C18H26N4O3. The van der Waals surface area contributed by atoms with E-state index in [1.54, 1.807) is 18.2 Å². The van der Waals surface area contributed by atoms with Crippen molar-refractivity contribution in [1.82, 2.24) is 19.6 Å². The van der Waals surface area contributed by atoms with Crippen molar-refractivity contribution in [1.29, 1.82) is 0 Å². The molecule has 0 radical (unpaired) electrons. The highest BCUT2D eigenvalue weighted by Gasteiger charge is 2.24. The van der Waals surface area contributed by atoms with Gasteiger partial charge >= 0.3 is 0 Å². The highest BCUT2D eigenvalue weighted by atomic mass is 16.5. The molecule has 2 aromatic rings. The molecule has 0 aliphatic carbocycles. The van der Waals surface area contributed by atoms with Gasteiger partial charge in [0.25, 0.3) is 0 Å². The van der Waals surface area contributed by atoms with Crippen LogP contribution in [-0.4, -0.2) is 64.9 Å². The number of ether oxygens (including phenoxy) is 1. The molecule has 0 aromatic carbocycles. The summed E-state index contributed by atoms with van der Waals surface area (Å²) in [6, 6.07) is 5.77. The number of amides is 1. The van der Waals surface area contributed by atoms with E-state index in [-0.39, 0.29) is 12.0 Å². The number of carbonyl (C=O) groups excluding carboxylic acids is 1. The molecule has 136 valence electrons. The number of hydrogen-bond acceptors (Lipinski definition) is 5. The van der Waals surface area contributed by atoms with Gasteiger partial charge in [-0.05, 0) is 32.0 Å². The summed E-state index contributed by atoms with van der Waals surface area (Å²) in [6.45, 7) is 7.79. The van der Waals surface area contributed by atoms with Gasteiger partial charge in [0.05, 0.1) is 44.3 Å². The van der Waals surface area contributed by atoms with Gasteiger partial charge in [0, 0.05) is 25.8 Å². The molecule has 0 unspecified atom stereocenters. The summed E-state index contributed by atoms with van der Waals surface area (Å²) in [5, 5.41) is 4.49. The van der Waals surface area contributed by atoms with Crippen LogP contribution in [0.25, 0.3) is 0 Å². The van der Waals surface area contributed by atoms with Crippen molar-refractivity contribution < 1.29 is 13.9 Å². The fraction of sp³-hybridized carbons (Fsp3) is 0.556. The van der Waals surface area contributed by atoms with Gasteiger partial charge in [-0.2, -0.15) is 5.10 Å². The van der Waals surface area contributed by atoms with Crippen LogP contribution in [0.1, 0.15) is 17.1 Å². The SMILES string of the molecule is Cc1cc(C)n(C[C@@H]2CN(CC(=O)N(C)Cc3ccco3)CCO2)n1. The largest absolute Gasteiger partial charge is 0.467 e. The fourth-order valence-electron chi connectivity index (χ4n) is 3.12. The lowest BCUT2D eigenvalue weighted by Crippen LogP contribution is -2.48. The van der Waals surface area contributed by atoms with Gasteiger partial charge in [-0.25, -0.2) is 0 Å². The summed E-state index contributed by atoms with van der Waals surface area (Å²) in [6.07, 6.45) is 1.68. The third kappa shape index (κ3) is 4.70. The lowest BCUT2D eigenvalue weighted by molar-refractivity contribution is -0.134. The second-order valence-electron chi connectivity index (χ2n) is 6.67. The zero-order chi connectivity index (χ0) is 17.8. The summed E-state index contributed by atoms with van der Waals surface area (Å²) in [4.78, 5) is 16.3. The maximum absolute atomic E-state index is 12.4. The van der Waals surface area contributed by atoms with E-state index in [0.29, 0.717) is 26.2 Å². The Labute approximate surface area is 148 Å². The van der Waals surface area contributed by atoms with Crippen molar-refractivity contribution in [3.63, 3.8) is 0 Å². The van der Waals surface area contributed by atoms with E-state index < -0.39 is 0 Å². The zero-order valence-electron chi connectivity index (χ0n) is 15.1. The number of furan rings is 1. The molecule has 0 bridgehead atoms. The van der Waals surface area contributed by atoms with Gasteiger partial charge < -0.3 is 14.1 Å². The number of likely N-dealkylation sites (N-methyl/N-ethyl adjacent to an activating group) is 1. The number of aromatic nitrogens is 2. The first-order valence-electron chi connectivity index (χ1n) is 8.62. The van der Waals surface area contributed by atoms with E-state index in [2.05, 4.69) is 16.1 Å². The molecule has 0 saturated carbocycles. The van der Waals surface area contributed by atoms with E-state index in [1.807, 2.05) is 30.7 Å². The molecule has 2 aromatic heterocycles. The molecule has 1 aliphatic rings. The van der Waals surface area contributed by atoms with E-state index in [4.69, 9.17) is 9.15 Å². The Morgan fingerprint density at radius 3 is 2.96 bits per heavy atom. The number of carbonyl (C=O) groups is 1. The van der Waals surface area contributed by atoms with Gasteiger partial charge in [-0.1, -0.05) is 0 Å². The third-order valence-corrected chi connectivity index (χ3v) is 4.46. The van der Waals surface area contributed by atoms with Gasteiger partial charge in [-0.15, -0.1) is 0 Å². The quantitative estimate of drug-likeness (QED) is 0.792. The number of hydrogen-bond donors (Lipinski definition) is 0. The van der Waals surface area contributed by atoms with Crippen molar-refractivity contribution in [2.24, 2.45) is 0 Å². The Bertz CT molecular complexity index is 695. The standard InChI is InChI=1S/C18H26N4O3/c1-14-9-15(2)22(19-14)12-17-11-21(6-8-25-17)13-18(23)20(3)10-16-5-4-7-24-16/h4-5,7,9,17H,6,8,10-13H2,1-3H3/t17-/m0/s1. The van der Waals surface area contributed by atoms with Crippen LogP contribution in [0.4, 0.5) is 0 Å². The minimum Gasteiger partial charge on any atom is -0.467 e. The minimum atomic E-state index is 0.0509. The van der Waals surface area contributed by atoms with Crippen LogP contribution in [0.5, 0.6) is 0 Å². The van der Waals surface area contributed by atoms with Crippen molar-refractivity contribution in [2.75, 3.05) is 33.3 Å². The first-order chi connectivity index (χ1) is 12.0. The van der Waals surface area contributed by atoms with Gasteiger partial charge in [-0.3, -0.25) is 14.4 Å². The molecule has 25 heavy (non-hydrogen) atoms. The van der Waals surface area contributed by atoms with E-state index in [0.717, 1.165) is 30.2 Å². The van der Waals surface area contributed by atoms with Crippen molar-refractivity contribution >= 4 is 5.91 Å². The molecule has 7 heteroatoms. The Morgan fingerprint density at radius 1 is 1.44 bits per heavy atom. The third-order valence-electron chi connectivity index (χ3n) is 4.46. The van der Waals surface area contributed by atoms with Crippen molar-refractivity contribution in [2.45, 2.75) is 33.0 Å². The van der Waals surface area contributed by atoms with Crippen LogP contribution < -0.4 is 0 Å². The van der Waals surface area contributed by atoms with Gasteiger partial charge in [0.1, 0.15) is 5.76 Å². The van der Waals surface area contributed by atoms with Crippen LogP contribution >= 0.6 is 0 Å². The minimum absolute atomic E-state index is 0.0509. The molecule has 3 rings (SSSR count). The topological polar surface area (TPSA) is 63.7 Å². The van der Waals surface area contributed by atoms with Crippen LogP contribution in [0.3, 0.4) is 0 Å². The van der Waals surface area contributed by atoms with Crippen LogP contribution in [0, 0.1) is 13.8 Å². The molecule has 1 aliphatic heterocycles. The highest BCUT2D eigenvalue weighted by molar-refractivity contribution is 5.77. The normalized spacial score (nSPS) is 18.4. The number of morpholine rings is 1. The first kappa shape index (κ1) is 17.7. The molecule has 1 fully saturated rings. The first-order valence-corrected chi connectivity index (χ1v) is 8.62. The Kier molecular flexibility index (Phi) is 5.55. The predicted molar refractivity (Wildman–Crippen MR) is 93.1 cm³/mol. The molecule has 1 amide bonds. The van der Waals surface area contributed by atoms with Crippen LogP contribution in [0.2, 0.25) is 0 Å². The summed E-state index contributed by atoms with van der Waals surface area (Å²) in [5.41, 5.74) is 2.15. The number of nitrogens with zero attached hydrogens (tertiary/aromatic N) is 4. The lowest BCUT2D eigenvalue weighted by Gasteiger charge is -2.33. The number of aryl methyl sites for hydroxylation is 2. The zero-order valence-corrected chi connectivity index (χ0v) is 15.1. The number of rotatable bonds is 6. The van der Waals surface area contributed by atoms with Crippen molar-refractivity contribution in [3.8, 4) is 0 Å². The second-order valence-corrected chi connectivity index (χ2v) is 6.67. The average Bonchev–Trinajstić information content (AvgIpc) is 3.17. The van der Waals surface area contributed by atoms with Gasteiger partial charge in [0.2, 0.25) is 5.91 Å². The molecule has 0 N–H and O–H groups in total. The summed E-state index contributed by atoms with van der Waals surface area (Å²) >= 11 is 0. The molecule has 7 nitrogen and oxygen atoms in total. The smallest absolute Gasteiger partial charge is 0.236 e. The summed E-state index contributed by atoms with van der Waals surface area (Å²) in [5.74, 6) is 0.878. The monoisotopic (exact) mass is 346 g/mol. The average molecular weight is 346 g/mol. The van der Waals surface area contributed by atoms with Crippen LogP contribution in [0.15, 0.2) is 28.9 Å². The molecule has 0 spiro atoms. The van der Waals surface area contributed by atoms with E-state index in [9.17, 15) is 4.79 Å². The van der Waals surface area contributed by atoms with E-state index >= 15 is 0 Å². The Balaban J connectivity index is 1.50. The Hall–Kier alpha value is -2.12. The predicted octanol–water partition coefficient (Wildman–Crippen LogP) is 1.45. The highest BCUT2D eigenvalue weighted by Crippen LogP contribution is 2.11. The van der Waals surface area contributed by atoms with Crippen molar-refractivity contribution in [3.05, 3.63) is 41.6 Å². The summed E-state index contributed by atoms with van der Waals surface area (Å²) < 4.78 is 13.1.